The Kier molecular flexibility index (Phi) is 4.10. The second-order valence-corrected chi connectivity index (χ2v) is 5.82. The summed E-state index contributed by atoms with van der Waals surface area (Å²) in [5, 5.41) is 22.5. The van der Waals surface area contributed by atoms with E-state index < -0.39 is 6.04 Å². The van der Waals surface area contributed by atoms with E-state index in [-0.39, 0.29) is 11.9 Å². The summed E-state index contributed by atoms with van der Waals surface area (Å²) < 4.78 is 3.28. The lowest BCUT2D eigenvalue weighted by atomic mass is 10.1. The maximum Gasteiger partial charge on any atom is 0.250 e. The summed E-state index contributed by atoms with van der Waals surface area (Å²) in [4.78, 5) is 13.0. The van der Waals surface area contributed by atoms with Crippen LogP contribution in [-0.2, 0) is 4.79 Å². The van der Waals surface area contributed by atoms with Crippen molar-refractivity contribution in [3.8, 4) is 0 Å². The van der Waals surface area contributed by atoms with Crippen LogP contribution in [0.4, 0.5) is 0 Å². The van der Waals surface area contributed by atoms with Crippen LogP contribution in [0.25, 0.3) is 5.65 Å². The molecule has 130 valence electrons. The highest BCUT2D eigenvalue weighted by Gasteiger charge is 2.26. The summed E-state index contributed by atoms with van der Waals surface area (Å²) in [5.41, 5.74) is 1.51. The molecule has 0 aliphatic rings. The number of rotatable bonds is 5. The number of fused-ring (bicyclic) bond motifs is 1. The molecule has 3 heterocycles. The van der Waals surface area contributed by atoms with Crippen molar-refractivity contribution in [1.82, 2.24) is 40.1 Å². The van der Waals surface area contributed by atoms with E-state index in [1.54, 1.807) is 0 Å². The number of hydrogen-bond donors (Lipinski definition) is 1. The minimum atomic E-state index is -0.673. The Morgan fingerprint density at radius 3 is 2.65 bits per heavy atom. The van der Waals surface area contributed by atoms with Crippen molar-refractivity contribution >= 4 is 11.6 Å². The Labute approximate surface area is 148 Å². The van der Waals surface area contributed by atoms with Crippen LogP contribution in [0.1, 0.15) is 30.4 Å². The lowest BCUT2D eigenvalue weighted by Crippen LogP contribution is -2.36. The first-order valence-electron chi connectivity index (χ1n) is 8.11. The molecule has 0 fully saturated rings. The first kappa shape index (κ1) is 15.9. The van der Waals surface area contributed by atoms with E-state index in [9.17, 15) is 4.79 Å². The molecule has 0 saturated carbocycles. The van der Waals surface area contributed by atoms with Crippen LogP contribution in [-0.4, -0.2) is 40.7 Å². The van der Waals surface area contributed by atoms with Crippen molar-refractivity contribution in [3.63, 3.8) is 0 Å². The molecule has 0 aliphatic heterocycles. The second kappa shape index (κ2) is 6.71. The Hall–Kier alpha value is -3.62. The van der Waals surface area contributed by atoms with Gasteiger partial charge in [0.15, 0.2) is 17.5 Å². The third-order valence-electron chi connectivity index (χ3n) is 4.08. The summed E-state index contributed by atoms with van der Waals surface area (Å²) >= 11 is 0. The Balaban J connectivity index is 1.62. The number of benzene rings is 1. The van der Waals surface area contributed by atoms with Crippen molar-refractivity contribution in [3.05, 3.63) is 72.4 Å². The topological polar surface area (TPSA) is 103 Å². The molecule has 0 unspecified atom stereocenters. The first-order chi connectivity index (χ1) is 12.7. The van der Waals surface area contributed by atoms with Crippen molar-refractivity contribution in [1.29, 1.82) is 0 Å². The number of nitrogens with one attached hydrogen (secondary N) is 1. The quantitative estimate of drug-likeness (QED) is 0.581. The summed E-state index contributed by atoms with van der Waals surface area (Å²) in [6, 6.07) is 14.0. The minimum absolute atomic E-state index is 0.233. The van der Waals surface area contributed by atoms with Gasteiger partial charge < -0.3 is 5.32 Å². The van der Waals surface area contributed by atoms with Gasteiger partial charge in [-0.3, -0.25) is 9.20 Å². The molecular formula is C17H16N8O. The number of aromatic nitrogens is 7. The number of amides is 1. The number of tetrazole rings is 1. The highest BCUT2D eigenvalue weighted by Crippen LogP contribution is 2.19. The van der Waals surface area contributed by atoms with Gasteiger partial charge in [0, 0.05) is 6.20 Å². The summed E-state index contributed by atoms with van der Waals surface area (Å²) in [5.74, 6) is 0.418. The Morgan fingerprint density at radius 2 is 1.88 bits per heavy atom. The molecule has 4 rings (SSSR count). The average molecular weight is 348 g/mol. The molecular weight excluding hydrogens is 332 g/mol. The molecule has 26 heavy (non-hydrogen) atoms. The van der Waals surface area contributed by atoms with Gasteiger partial charge in [0.2, 0.25) is 5.91 Å². The lowest BCUT2D eigenvalue weighted by Gasteiger charge is -2.19. The minimum Gasteiger partial charge on any atom is -0.344 e. The van der Waals surface area contributed by atoms with Gasteiger partial charge in [-0.2, -0.15) is 0 Å². The zero-order valence-corrected chi connectivity index (χ0v) is 14.0. The van der Waals surface area contributed by atoms with Crippen LogP contribution >= 0.6 is 0 Å². The SMILES string of the molecule is C[C@@H](NC(=O)[C@H](c1ccccc1)n1cnnn1)c1nnc2ccccn12. The highest BCUT2D eigenvalue weighted by atomic mass is 16.2. The monoisotopic (exact) mass is 348 g/mol. The Bertz CT molecular complexity index is 1010. The number of carbonyl (C=O) groups excluding carboxylic acids is 1. The predicted molar refractivity (Wildman–Crippen MR) is 91.9 cm³/mol. The number of hydrogen-bond acceptors (Lipinski definition) is 6. The maximum atomic E-state index is 13.0. The fourth-order valence-electron chi connectivity index (χ4n) is 2.86. The molecule has 1 amide bonds. The van der Waals surface area contributed by atoms with Gasteiger partial charge in [0.25, 0.3) is 0 Å². The van der Waals surface area contributed by atoms with Gasteiger partial charge in [-0.15, -0.1) is 15.3 Å². The van der Waals surface area contributed by atoms with E-state index in [0.717, 1.165) is 11.2 Å². The summed E-state index contributed by atoms with van der Waals surface area (Å²) in [6.45, 7) is 1.86. The van der Waals surface area contributed by atoms with Gasteiger partial charge in [0.05, 0.1) is 6.04 Å². The summed E-state index contributed by atoms with van der Waals surface area (Å²) in [6.07, 6.45) is 3.29. The third-order valence-corrected chi connectivity index (χ3v) is 4.08. The molecule has 2 atom stereocenters. The largest absolute Gasteiger partial charge is 0.344 e. The highest BCUT2D eigenvalue weighted by molar-refractivity contribution is 5.83. The predicted octanol–water partition coefficient (Wildman–Crippen LogP) is 1.18. The second-order valence-electron chi connectivity index (χ2n) is 5.82. The van der Waals surface area contributed by atoms with Crippen molar-refractivity contribution < 1.29 is 4.79 Å². The van der Waals surface area contributed by atoms with Crippen molar-refractivity contribution in [2.45, 2.75) is 19.0 Å². The molecule has 0 spiro atoms. The molecule has 0 bridgehead atoms. The molecule has 0 saturated heterocycles. The van der Waals surface area contributed by atoms with Gasteiger partial charge in [0.1, 0.15) is 6.33 Å². The zero-order valence-electron chi connectivity index (χ0n) is 14.0. The maximum absolute atomic E-state index is 13.0. The van der Waals surface area contributed by atoms with Gasteiger partial charge >= 0.3 is 0 Å². The van der Waals surface area contributed by atoms with E-state index >= 15 is 0 Å². The molecule has 0 radical (unpaired) electrons. The van der Waals surface area contributed by atoms with E-state index in [1.165, 1.54) is 11.0 Å². The molecule has 9 nitrogen and oxygen atoms in total. The molecule has 4 aromatic rings. The third kappa shape index (κ3) is 2.90. The normalized spacial score (nSPS) is 13.4. The van der Waals surface area contributed by atoms with E-state index in [1.807, 2.05) is 66.1 Å². The van der Waals surface area contributed by atoms with Crippen molar-refractivity contribution in [2.75, 3.05) is 0 Å². The zero-order chi connectivity index (χ0) is 17.9. The van der Waals surface area contributed by atoms with Crippen LogP contribution in [0.15, 0.2) is 61.1 Å². The van der Waals surface area contributed by atoms with E-state index in [0.29, 0.717) is 5.82 Å². The first-order valence-corrected chi connectivity index (χ1v) is 8.11. The molecule has 1 aromatic carbocycles. The lowest BCUT2D eigenvalue weighted by molar-refractivity contribution is -0.124. The van der Waals surface area contributed by atoms with Crippen LogP contribution in [0.2, 0.25) is 0 Å². The van der Waals surface area contributed by atoms with Gasteiger partial charge in [-0.25, -0.2) is 4.68 Å². The van der Waals surface area contributed by atoms with E-state index in [4.69, 9.17) is 0 Å². The van der Waals surface area contributed by atoms with E-state index in [2.05, 4.69) is 31.0 Å². The van der Waals surface area contributed by atoms with Crippen LogP contribution in [0.3, 0.4) is 0 Å². The summed E-state index contributed by atoms with van der Waals surface area (Å²) in [7, 11) is 0. The molecule has 1 N–H and O–H groups in total. The Morgan fingerprint density at radius 1 is 1.08 bits per heavy atom. The smallest absolute Gasteiger partial charge is 0.250 e. The van der Waals surface area contributed by atoms with Crippen LogP contribution < -0.4 is 5.32 Å². The number of nitrogens with zero attached hydrogens (tertiary/aromatic N) is 7. The fraction of sp³-hybridized carbons (Fsp3) is 0.176. The molecule has 3 aromatic heterocycles. The molecule has 9 heteroatoms. The van der Waals surface area contributed by atoms with Crippen LogP contribution in [0, 0.1) is 0 Å². The number of carbonyl (C=O) groups is 1. The fourth-order valence-corrected chi connectivity index (χ4v) is 2.86. The standard InChI is InChI=1S/C17H16N8O/c1-12(16-21-20-14-9-5-6-10-24(14)16)19-17(26)15(25-11-18-22-23-25)13-7-3-2-4-8-13/h2-12,15H,1H3,(H,19,26)/t12-,15+/m1/s1. The number of pyridine rings is 1. The van der Waals surface area contributed by atoms with Gasteiger partial charge in [-0.1, -0.05) is 36.4 Å². The average Bonchev–Trinajstić information content (AvgIpc) is 3.32. The van der Waals surface area contributed by atoms with Crippen molar-refractivity contribution in [2.24, 2.45) is 0 Å². The molecule has 0 aliphatic carbocycles. The van der Waals surface area contributed by atoms with Gasteiger partial charge in [-0.05, 0) is 35.0 Å². The van der Waals surface area contributed by atoms with Crippen LogP contribution in [0.5, 0.6) is 0 Å².